The smallest absolute Gasteiger partial charge is 0.177 e. The van der Waals surface area contributed by atoms with Crippen molar-refractivity contribution < 1.29 is 0 Å². The summed E-state index contributed by atoms with van der Waals surface area (Å²) in [5.41, 5.74) is 0. The Labute approximate surface area is 124 Å². The molecule has 0 bridgehead atoms. The van der Waals surface area contributed by atoms with E-state index in [-0.39, 0.29) is 0 Å². The molecule has 0 spiro atoms. The van der Waals surface area contributed by atoms with Gasteiger partial charge in [-0.05, 0) is 18.6 Å². The van der Waals surface area contributed by atoms with E-state index < -0.39 is 0 Å². The Morgan fingerprint density at radius 1 is 1.06 bits per heavy atom. The molecule has 18 heavy (non-hydrogen) atoms. The van der Waals surface area contributed by atoms with Crippen molar-refractivity contribution in [3.8, 4) is 0 Å². The van der Waals surface area contributed by atoms with Crippen LogP contribution in [0.3, 0.4) is 0 Å². The van der Waals surface area contributed by atoms with Crippen LogP contribution in [-0.4, -0.2) is 16.0 Å². The van der Waals surface area contributed by atoms with E-state index >= 15 is 0 Å². The number of H-pyrrole nitrogens is 1. The van der Waals surface area contributed by atoms with Crippen molar-refractivity contribution in [2.24, 2.45) is 0 Å². The van der Waals surface area contributed by atoms with Crippen LogP contribution in [0.2, 0.25) is 0 Å². The molecule has 5 heteroatoms. The van der Waals surface area contributed by atoms with Gasteiger partial charge in [0.25, 0.3) is 0 Å². The standard InChI is InChI=1S/C13H24N2S3/c1-2-3-4-5-6-7-8-9-10-11-17-13-15-14-12(16)18-13/h2-11H2,1H3,(H,14,16). The lowest BCUT2D eigenvalue weighted by molar-refractivity contribution is 0.573. The Morgan fingerprint density at radius 2 is 1.67 bits per heavy atom. The van der Waals surface area contributed by atoms with Gasteiger partial charge >= 0.3 is 0 Å². The van der Waals surface area contributed by atoms with Gasteiger partial charge in [-0.15, -0.1) is 0 Å². The van der Waals surface area contributed by atoms with Crippen LogP contribution in [0.5, 0.6) is 0 Å². The molecule has 1 rings (SSSR count). The average Bonchev–Trinajstić information content (AvgIpc) is 2.77. The number of aromatic amines is 1. The van der Waals surface area contributed by atoms with Crippen LogP contribution in [0.15, 0.2) is 4.34 Å². The average molecular weight is 305 g/mol. The monoisotopic (exact) mass is 304 g/mol. The Balaban J connectivity index is 1.83. The molecule has 1 aromatic rings. The van der Waals surface area contributed by atoms with Crippen LogP contribution in [0.4, 0.5) is 0 Å². The normalized spacial score (nSPS) is 10.9. The van der Waals surface area contributed by atoms with Crippen molar-refractivity contribution in [2.45, 2.75) is 69.1 Å². The van der Waals surface area contributed by atoms with Crippen LogP contribution >= 0.6 is 35.3 Å². The van der Waals surface area contributed by atoms with Gasteiger partial charge in [-0.2, -0.15) is 5.10 Å². The Kier molecular flexibility index (Phi) is 9.89. The molecule has 0 aliphatic rings. The van der Waals surface area contributed by atoms with Gasteiger partial charge in [-0.1, -0.05) is 81.4 Å². The van der Waals surface area contributed by atoms with Crippen molar-refractivity contribution in [1.82, 2.24) is 10.2 Å². The van der Waals surface area contributed by atoms with E-state index in [1.54, 1.807) is 11.3 Å². The fourth-order valence-corrected chi connectivity index (χ4v) is 4.00. The summed E-state index contributed by atoms with van der Waals surface area (Å²) < 4.78 is 1.86. The number of nitrogens with zero attached hydrogens (tertiary/aromatic N) is 1. The minimum atomic E-state index is 0.782. The van der Waals surface area contributed by atoms with Crippen molar-refractivity contribution >= 4 is 35.3 Å². The van der Waals surface area contributed by atoms with Gasteiger partial charge in [0.05, 0.1) is 0 Å². The summed E-state index contributed by atoms with van der Waals surface area (Å²) >= 11 is 8.40. The molecule has 0 radical (unpaired) electrons. The van der Waals surface area contributed by atoms with Crippen LogP contribution < -0.4 is 0 Å². The van der Waals surface area contributed by atoms with Crippen LogP contribution in [0.25, 0.3) is 0 Å². The molecule has 0 unspecified atom stereocenters. The summed E-state index contributed by atoms with van der Waals surface area (Å²) in [5.74, 6) is 1.17. The highest BCUT2D eigenvalue weighted by Gasteiger charge is 1.98. The summed E-state index contributed by atoms with van der Waals surface area (Å²) in [5, 5.41) is 6.96. The molecule has 0 saturated carbocycles. The minimum absolute atomic E-state index is 0.782. The summed E-state index contributed by atoms with van der Waals surface area (Å²) in [6, 6.07) is 0. The zero-order chi connectivity index (χ0) is 13.1. The van der Waals surface area contributed by atoms with Crippen molar-refractivity contribution in [1.29, 1.82) is 0 Å². The molecule has 1 N–H and O–H groups in total. The summed E-state index contributed by atoms with van der Waals surface area (Å²) in [6.45, 7) is 2.27. The van der Waals surface area contributed by atoms with E-state index in [9.17, 15) is 0 Å². The van der Waals surface area contributed by atoms with E-state index in [4.69, 9.17) is 12.2 Å². The molecular formula is C13H24N2S3. The molecule has 1 heterocycles. The summed E-state index contributed by atoms with van der Waals surface area (Å²) in [4.78, 5) is 0. The van der Waals surface area contributed by atoms with Gasteiger partial charge in [-0.3, -0.25) is 5.10 Å². The third-order valence-electron chi connectivity index (χ3n) is 2.89. The number of hydrogen-bond acceptors (Lipinski definition) is 4. The second kappa shape index (κ2) is 11.0. The first-order valence-electron chi connectivity index (χ1n) is 7.01. The van der Waals surface area contributed by atoms with Gasteiger partial charge < -0.3 is 0 Å². The first kappa shape index (κ1) is 16.2. The van der Waals surface area contributed by atoms with Gasteiger partial charge in [0, 0.05) is 5.75 Å². The first-order chi connectivity index (χ1) is 8.83. The van der Waals surface area contributed by atoms with Gasteiger partial charge in [0.15, 0.2) is 8.29 Å². The van der Waals surface area contributed by atoms with Crippen molar-refractivity contribution in [3.63, 3.8) is 0 Å². The zero-order valence-electron chi connectivity index (χ0n) is 11.2. The minimum Gasteiger partial charge on any atom is -0.257 e. The fourth-order valence-electron chi connectivity index (χ4n) is 1.85. The third kappa shape index (κ3) is 8.27. The van der Waals surface area contributed by atoms with Crippen LogP contribution in [-0.2, 0) is 0 Å². The molecule has 0 aliphatic heterocycles. The molecule has 1 aromatic heterocycles. The number of nitrogens with one attached hydrogen (secondary N) is 1. The lowest BCUT2D eigenvalue weighted by Gasteiger charge is -2.01. The molecular weight excluding hydrogens is 280 g/mol. The predicted molar refractivity (Wildman–Crippen MR) is 85.2 cm³/mol. The molecule has 0 atom stereocenters. The Morgan fingerprint density at radius 3 is 2.22 bits per heavy atom. The quantitative estimate of drug-likeness (QED) is 0.317. The maximum Gasteiger partial charge on any atom is 0.177 e. The molecule has 0 amide bonds. The Hall–Kier alpha value is 0.130. The number of hydrogen-bond donors (Lipinski definition) is 1. The molecule has 0 fully saturated rings. The largest absolute Gasteiger partial charge is 0.257 e. The van der Waals surface area contributed by atoms with E-state index in [1.165, 1.54) is 63.5 Å². The highest BCUT2D eigenvalue weighted by molar-refractivity contribution is 8.01. The van der Waals surface area contributed by atoms with E-state index in [0.29, 0.717) is 0 Å². The van der Waals surface area contributed by atoms with Gasteiger partial charge in [0.2, 0.25) is 0 Å². The van der Waals surface area contributed by atoms with Crippen LogP contribution in [0.1, 0.15) is 64.7 Å². The molecule has 0 aromatic carbocycles. The van der Waals surface area contributed by atoms with E-state index in [0.717, 1.165) is 8.29 Å². The van der Waals surface area contributed by atoms with Crippen molar-refractivity contribution in [3.05, 3.63) is 3.95 Å². The first-order valence-corrected chi connectivity index (χ1v) is 9.22. The van der Waals surface area contributed by atoms with Crippen LogP contribution in [0, 0.1) is 3.95 Å². The number of unbranched alkanes of at least 4 members (excludes halogenated alkanes) is 8. The summed E-state index contributed by atoms with van der Waals surface area (Å²) in [6.07, 6.45) is 12.5. The highest BCUT2D eigenvalue weighted by Crippen LogP contribution is 2.21. The lowest BCUT2D eigenvalue weighted by atomic mass is 10.1. The number of thioether (sulfide) groups is 1. The Bertz CT molecular complexity index is 346. The van der Waals surface area contributed by atoms with E-state index in [2.05, 4.69) is 17.1 Å². The SMILES string of the molecule is CCCCCCCCCCCSc1n[nH]c(=S)s1. The molecule has 0 aliphatic carbocycles. The molecule has 0 saturated heterocycles. The topological polar surface area (TPSA) is 28.7 Å². The van der Waals surface area contributed by atoms with E-state index in [1.807, 2.05) is 11.8 Å². The fraction of sp³-hybridized carbons (Fsp3) is 0.846. The second-order valence-corrected chi connectivity index (χ2v) is 7.56. The number of rotatable bonds is 11. The van der Waals surface area contributed by atoms with Gasteiger partial charge in [-0.25, -0.2) is 0 Å². The molecule has 2 nitrogen and oxygen atoms in total. The highest BCUT2D eigenvalue weighted by atomic mass is 32.2. The predicted octanol–water partition coefficient (Wildman–Crippen LogP) is 5.82. The van der Waals surface area contributed by atoms with Gasteiger partial charge in [0.1, 0.15) is 0 Å². The molecule has 104 valence electrons. The summed E-state index contributed by atoms with van der Waals surface area (Å²) in [7, 11) is 0. The third-order valence-corrected chi connectivity index (χ3v) is 5.21. The lowest BCUT2D eigenvalue weighted by Crippen LogP contribution is -1.83. The number of aromatic nitrogens is 2. The second-order valence-electron chi connectivity index (χ2n) is 4.56. The zero-order valence-corrected chi connectivity index (χ0v) is 13.7. The maximum absolute atomic E-state index is 5.00. The van der Waals surface area contributed by atoms with Crippen molar-refractivity contribution in [2.75, 3.05) is 5.75 Å². The maximum atomic E-state index is 5.00.